The molecule has 0 spiro atoms. The molecule has 110 valence electrons. The molecular weight excluding hydrogens is 276 g/mol. The monoisotopic (exact) mass is 296 g/mol. The third kappa shape index (κ3) is 4.20. The van der Waals surface area contributed by atoms with E-state index in [9.17, 15) is 9.90 Å². The highest BCUT2D eigenvalue weighted by atomic mass is 35.5. The van der Waals surface area contributed by atoms with E-state index in [2.05, 4.69) is 10.6 Å². The lowest BCUT2D eigenvalue weighted by Crippen LogP contribution is -2.43. The van der Waals surface area contributed by atoms with Gasteiger partial charge >= 0.3 is 0 Å². The van der Waals surface area contributed by atoms with Gasteiger partial charge < -0.3 is 15.7 Å². The zero-order chi connectivity index (χ0) is 14.4. The number of carbonyl (C=O) groups is 1. The average Bonchev–Trinajstić information content (AvgIpc) is 2.48. The molecule has 4 nitrogen and oxygen atoms in total. The Morgan fingerprint density at radius 3 is 2.80 bits per heavy atom. The molecule has 5 heteroatoms. The summed E-state index contributed by atoms with van der Waals surface area (Å²) in [5.74, 6) is 0.150. The smallest absolute Gasteiger partial charge is 0.238 e. The van der Waals surface area contributed by atoms with E-state index in [1.807, 2.05) is 12.1 Å². The number of hydrogen-bond acceptors (Lipinski definition) is 3. The molecule has 2 atom stereocenters. The van der Waals surface area contributed by atoms with Gasteiger partial charge in [0.25, 0.3) is 0 Å². The van der Waals surface area contributed by atoms with Gasteiger partial charge in [-0.1, -0.05) is 36.6 Å². The Kier molecular flexibility index (Phi) is 5.83. The van der Waals surface area contributed by atoms with Gasteiger partial charge in [0, 0.05) is 12.6 Å². The quantitative estimate of drug-likeness (QED) is 0.782. The molecule has 2 rings (SSSR count). The number of benzene rings is 1. The minimum Gasteiger partial charge on any atom is -0.396 e. The number of amides is 1. The summed E-state index contributed by atoms with van der Waals surface area (Å²) in [7, 11) is 0. The lowest BCUT2D eigenvalue weighted by molar-refractivity contribution is -0.115. The lowest BCUT2D eigenvalue weighted by atomic mass is 9.85. The highest BCUT2D eigenvalue weighted by molar-refractivity contribution is 6.33. The van der Waals surface area contributed by atoms with Crippen molar-refractivity contribution in [3.8, 4) is 0 Å². The maximum atomic E-state index is 11.9. The summed E-state index contributed by atoms with van der Waals surface area (Å²) in [6.07, 6.45) is 4.36. The number of halogens is 1. The first-order valence-electron chi connectivity index (χ1n) is 7.09. The molecule has 1 aliphatic rings. The number of nitrogens with one attached hydrogen (secondary N) is 2. The predicted molar refractivity (Wildman–Crippen MR) is 80.9 cm³/mol. The Morgan fingerprint density at radius 1 is 1.30 bits per heavy atom. The molecule has 0 radical (unpaired) electrons. The molecular formula is C15H21ClN2O2. The third-order valence-electron chi connectivity index (χ3n) is 3.82. The van der Waals surface area contributed by atoms with Crippen LogP contribution in [0.15, 0.2) is 24.3 Å². The average molecular weight is 297 g/mol. The number of para-hydroxylation sites is 1. The molecule has 3 N–H and O–H groups in total. The maximum absolute atomic E-state index is 11.9. The fraction of sp³-hybridized carbons (Fsp3) is 0.533. The van der Waals surface area contributed by atoms with Crippen molar-refractivity contribution in [3.05, 3.63) is 29.3 Å². The van der Waals surface area contributed by atoms with Gasteiger partial charge in [-0.3, -0.25) is 4.79 Å². The summed E-state index contributed by atoms with van der Waals surface area (Å²) in [6, 6.07) is 7.40. The number of aliphatic hydroxyl groups is 1. The van der Waals surface area contributed by atoms with E-state index < -0.39 is 0 Å². The normalized spacial score (nSPS) is 22.5. The SMILES string of the molecule is O=C(CNC1CCCCC1CO)Nc1ccccc1Cl. The van der Waals surface area contributed by atoms with Crippen LogP contribution in [0.5, 0.6) is 0 Å². The molecule has 20 heavy (non-hydrogen) atoms. The molecule has 1 aromatic rings. The lowest BCUT2D eigenvalue weighted by Gasteiger charge is -2.30. The molecule has 1 aromatic carbocycles. The maximum Gasteiger partial charge on any atom is 0.238 e. The van der Waals surface area contributed by atoms with Crippen molar-refractivity contribution in [2.45, 2.75) is 31.7 Å². The van der Waals surface area contributed by atoms with Crippen LogP contribution >= 0.6 is 11.6 Å². The number of hydrogen-bond donors (Lipinski definition) is 3. The van der Waals surface area contributed by atoms with Crippen molar-refractivity contribution in [3.63, 3.8) is 0 Å². The zero-order valence-corrected chi connectivity index (χ0v) is 12.2. The van der Waals surface area contributed by atoms with Crippen molar-refractivity contribution in [2.75, 3.05) is 18.5 Å². The molecule has 2 unspecified atom stereocenters. The summed E-state index contributed by atoms with van der Waals surface area (Å²) in [5, 5.41) is 15.9. The van der Waals surface area contributed by atoms with Crippen molar-refractivity contribution in [1.82, 2.24) is 5.32 Å². The Bertz CT molecular complexity index is 453. The van der Waals surface area contributed by atoms with Gasteiger partial charge in [-0.2, -0.15) is 0 Å². The molecule has 1 saturated carbocycles. The molecule has 0 heterocycles. The van der Waals surface area contributed by atoms with Crippen LogP contribution < -0.4 is 10.6 Å². The number of aliphatic hydroxyl groups excluding tert-OH is 1. The molecule has 0 saturated heterocycles. The number of rotatable bonds is 5. The number of anilines is 1. The Hall–Kier alpha value is -1.10. The van der Waals surface area contributed by atoms with Gasteiger partial charge in [-0.05, 0) is 30.9 Å². The van der Waals surface area contributed by atoms with Crippen LogP contribution in [0.4, 0.5) is 5.69 Å². The van der Waals surface area contributed by atoms with Crippen molar-refractivity contribution < 1.29 is 9.90 Å². The largest absolute Gasteiger partial charge is 0.396 e. The summed E-state index contributed by atoms with van der Waals surface area (Å²) in [5.41, 5.74) is 0.628. The molecule has 1 amide bonds. The highest BCUT2D eigenvalue weighted by Gasteiger charge is 2.24. The van der Waals surface area contributed by atoms with Crippen LogP contribution in [0.1, 0.15) is 25.7 Å². The van der Waals surface area contributed by atoms with Gasteiger partial charge in [0.1, 0.15) is 0 Å². The topological polar surface area (TPSA) is 61.4 Å². The Morgan fingerprint density at radius 2 is 2.05 bits per heavy atom. The highest BCUT2D eigenvalue weighted by Crippen LogP contribution is 2.24. The van der Waals surface area contributed by atoms with E-state index in [-0.39, 0.29) is 31.0 Å². The Balaban J connectivity index is 1.81. The van der Waals surface area contributed by atoms with Gasteiger partial charge in [0.05, 0.1) is 17.3 Å². The standard InChI is InChI=1S/C15H21ClN2O2/c16-12-6-2-4-8-14(12)18-15(20)9-17-13-7-3-1-5-11(13)10-19/h2,4,6,8,11,13,17,19H,1,3,5,7,9-10H2,(H,18,20). The second-order valence-corrected chi connectivity index (χ2v) is 5.65. The second kappa shape index (κ2) is 7.62. The zero-order valence-electron chi connectivity index (χ0n) is 11.4. The molecule has 0 bridgehead atoms. The van der Waals surface area contributed by atoms with Gasteiger partial charge in [0.2, 0.25) is 5.91 Å². The van der Waals surface area contributed by atoms with Crippen molar-refractivity contribution in [1.29, 1.82) is 0 Å². The van der Waals surface area contributed by atoms with E-state index in [4.69, 9.17) is 11.6 Å². The fourth-order valence-electron chi connectivity index (χ4n) is 2.68. The van der Waals surface area contributed by atoms with E-state index >= 15 is 0 Å². The van der Waals surface area contributed by atoms with Gasteiger partial charge in [0.15, 0.2) is 0 Å². The predicted octanol–water partition coefficient (Wildman–Crippen LogP) is 2.42. The van der Waals surface area contributed by atoms with E-state index in [1.165, 1.54) is 0 Å². The summed E-state index contributed by atoms with van der Waals surface area (Å²) < 4.78 is 0. The summed E-state index contributed by atoms with van der Waals surface area (Å²) >= 11 is 5.99. The first-order valence-corrected chi connectivity index (χ1v) is 7.47. The molecule has 1 aliphatic carbocycles. The van der Waals surface area contributed by atoms with Crippen LogP contribution in [0.2, 0.25) is 5.02 Å². The minimum atomic E-state index is -0.111. The van der Waals surface area contributed by atoms with Gasteiger partial charge in [-0.25, -0.2) is 0 Å². The summed E-state index contributed by atoms with van der Waals surface area (Å²) in [6.45, 7) is 0.427. The minimum absolute atomic E-state index is 0.111. The molecule has 1 fully saturated rings. The second-order valence-electron chi connectivity index (χ2n) is 5.24. The fourth-order valence-corrected chi connectivity index (χ4v) is 2.86. The van der Waals surface area contributed by atoms with Crippen LogP contribution in [-0.2, 0) is 4.79 Å². The van der Waals surface area contributed by atoms with Crippen LogP contribution in [0, 0.1) is 5.92 Å². The van der Waals surface area contributed by atoms with Crippen molar-refractivity contribution in [2.24, 2.45) is 5.92 Å². The third-order valence-corrected chi connectivity index (χ3v) is 4.15. The van der Waals surface area contributed by atoms with E-state index in [1.54, 1.807) is 12.1 Å². The molecule has 0 aromatic heterocycles. The van der Waals surface area contributed by atoms with Crippen LogP contribution in [-0.4, -0.2) is 30.2 Å². The van der Waals surface area contributed by atoms with Crippen molar-refractivity contribution >= 4 is 23.2 Å². The molecule has 0 aliphatic heterocycles. The van der Waals surface area contributed by atoms with Crippen LogP contribution in [0.3, 0.4) is 0 Å². The van der Waals surface area contributed by atoms with Crippen LogP contribution in [0.25, 0.3) is 0 Å². The van der Waals surface area contributed by atoms with Gasteiger partial charge in [-0.15, -0.1) is 0 Å². The van der Waals surface area contributed by atoms with E-state index in [0.717, 1.165) is 25.7 Å². The summed E-state index contributed by atoms with van der Waals surface area (Å²) in [4.78, 5) is 11.9. The number of carbonyl (C=O) groups excluding carboxylic acids is 1. The first kappa shape index (κ1) is 15.3. The van der Waals surface area contributed by atoms with E-state index in [0.29, 0.717) is 10.7 Å². The Labute approximate surface area is 124 Å². The first-order chi connectivity index (χ1) is 9.70.